The molecule has 0 saturated carbocycles. The lowest BCUT2D eigenvalue weighted by atomic mass is 9.95. The maximum Gasteiger partial charge on any atom is 0.231 e. The van der Waals surface area contributed by atoms with Crippen molar-refractivity contribution in [3.63, 3.8) is 0 Å². The smallest absolute Gasteiger partial charge is 0.231 e. The van der Waals surface area contributed by atoms with Crippen LogP contribution in [0.5, 0.6) is 23.0 Å². The van der Waals surface area contributed by atoms with E-state index in [1.165, 1.54) is 5.56 Å². The third kappa shape index (κ3) is 4.93. The van der Waals surface area contributed by atoms with Gasteiger partial charge < -0.3 is 41.2 Å². The molecule has 1 aromatic heterocycles. The molecule has 4 aromatic rings. The summed E-state index contributed by atoms with van der Waals surface area (Å²) in [6.07, 6.45) is 4.01. The number of benzene rings is 3. The van der Waals surface area contributed by atoms with Gasteiger partial charge in [0.05, 0.1) is 24.7 Å². The van der Waals surface area contributed by atoms with Gasteiger partial charge in [0.15, 0.2) is 35.7 Å². The molecule has 0 saturated heterocycles. The van der Waals surface area contributed by atoms with Gasteiger partial charge in [-0.2, -0.15) is 4.57 Å². The van der Waals surface area contributed by atoms with E-state index in [1.54, 1.807) is 7.11 Å². The van der Waals surface area contributed by atoms with Crippen molar-refractivity contribution >= 4 is 22.4 Å². The van der Waals surface area contributed by atoms with Gasteiger partial charge in [-0.3, -0.25) is 4.79 Å². The zero-order chi connectivity index (χ0) is 24.5. The maximum absolute atomic E-state index is 12.3. The zero-order valence-electron chi connectivity index (χ0n) is 20.5. The van der Waals surface area contributed by atoms with E-state index in [9.17, 15) is 4.79 Å². The lowest BCUT2D eigenvalue weighted by Gasteiger charge is -2.18. The highest BCUT2D eigenvalue weighted by molar-refractivity contribution is 5.92. The number of rotatable bonds is 7. The molecule has 3 heterocycles. The monoisotopic (exact) mass is 562 g/mol. The molecule has 0 aliphatic carbocycles. The lowest BCUT2D eigenvalue weighted by Crippen LogP contribution is -3.00. The van der Waals surface area contributed by atoms with Gasteiger partial charge in [-0.05, 0) is 53.8 Å². The number of carbonyl (C=O) groups excluding carboxylic acids is 1. The molecule has 190 valence electrons. The SMILES string of the molecule is COc1ccc2cc3[n+](cc2c1OCCCC(=O)Nc1ccccc1)CCc1cc2c(cc1-3)OCO2.[Br-]. The number of halogens is 1. The van der Waals surface area contributed by atoms with Crippen LogP contribution in [0.4, 0.5) is 5.69 Å². The minimum absolute atomic E-state index is 0. The van der Waals surface area contributed by atoms with E-state index < -0.39 is 0 Å². The molecule has 8 heteroatoms. The van der Waals surface area contributed by atoms with Crippen LogP contribution in [0.2, 0.25) is 0 Å². The van der Waals surface area contributed by atoms with Crippen LogP contribution in [0, 0.1) is 0 Å². The molecule has 0 bridgehead atoms. The Morgan fingerprint density at radius 1 is 1.05 bits per heavy atom. The number of fused-ring (bicyclic) bond motifs is 5. The molecule has 1 N–H and O–H groups in total. The number of methoxy groups -OCH3 is 1. The number of nitrogens with one attached hydrogen (secondary N) is 1. The topological polar surface area (TPSA) is 69.9 Å². The molecule has 0 atom stereocenters. The molecule has 7 nitrogen and oxygen atoms in total. The van der Waals surface area contributed by atoms with Crippen molar-refractivity contribution in [3.05, 3.63) is 72.4 Å². The van der Waals surface area contributed by atoms with Crippen LogP contribution in [-0.2, 0) is 17.8 Å². The number of hydrogen-bond donors (Lipinski definition) is 1. The summed E-state index contributed by atoms with van der Waals surface area (Å²) in [7, 11) is 1.64. The normalized spacial score (nSPS) is 12.8. The van der Waals surface area contributed by atoms with Crippen molar-refractivity contribution < 1.29 is 45.3 Å². The average molecular weight is 563 g/mol. The first-order chi connectivity index (χ1) is 17.7. The molecule has 3 aromatic carbocycles. The first kappa shape index (κ1) is 24.9. The van der Waals surface area contributed by atoms with E-state index in [1.807, 2.05) is 36.4 Å². The summed E-state index contributed by atoms with van der Waals surface area (Å²) < 4.78 is 25.3. The molecule has 2 aliphatic rings. The quantitative estimate of drug-likeness (QED) is 0.275. The van der Waals surface area contributed by atoms with Gasteiger partial charge in [0.25, 0.3) is 0 Å². The van der Waals surface area contributed by atoms with Gasteiger partial charge >= 0.3 is 0 Å². The molecule has 37 heavy (non-hydrogen) atoms. The number of ether oxygens (including phenoxy) is 4. The lowest BCUT2D eigenvalue weighted by molar-refractivity contribution is -0.686. The van der Waals surface area contributed by atoms with Crippen molar-refractivity contribution in [2.45, 2.75) is 25.8 Å². The van der Waals surface area contributed by atoms with Gasteiger partial charge in [-0.1, -0.05) is 18.2 Å². The molecular formula is C29H27BrN2O5. The maximum atomic E-state index is 12.3. The van der Waals surface area contributed by atoms with Crippen molar-refractivity contribution in [3.8, 4) is 34.3 Å². The first-order valence-electron chi connectivity index (χ1n) is 12.1. The fraction of sp³-hybridized carbons (Fsp3) is 0.241. The summed E-state index contributed by atoms with van der Waals surface area (Å²) in [4.78, 5) is 12.3. The van der Waals surface area contributed by atoms with Crippen LogP contribution in [-0.4, -0.2) is 26.4 Å². The summed E-state index contributed by atoms with van der Waals surface area (Å²) in [6, 6.07) is 19.8. The first-order valence-corrected chi connectivity index (χ1v) is 12.1. The third-order valence-corrected chi connectivity index (χ3v) is 6.65. The Hall–Kier alpha value is -3.78. The number of pyridine rings is 1. The summed E-state index contributed by atoms with van der Waals surface area (Å²) in [5.41, 5.74) is 4.36. The van der Waals surface area contributed by atoms with E-state index in [2.05, 4.69) is 40.3 Å². The zero-order valence-corrected chi connectivity index (χ0v) is 22.0. The minimum Gasteiger partial charge on any atom is -1.00 e. The number of nitrogens with zero attached hydrogens (tertiary/aromatic N) is 1. The highest BCUT2D eigenvalue weighted by Crippen LogP contribution is 2.41. The van der Waals surface area contributed by atoms with Gasteiger partial charge in [0.2, 0.25) is 18.4 Å². The van der Waals surface area contributed by atoms with Crippen LogP contribution in [0.1, 0.15) is 18.4 Å². The second kappa shape index (κ2) is 10.7. The number of para-hydroxylation sites is 1. The molecule has 1 amide bonds. The van der Waals surface area contributed by atoms with Crippen molar-refractivity contribution in [1.29, 1.82) is 0 Å². The second-order valence-corrected chi connectivity index (χ2v) is 8.93. The van der Waals surface area contributed by atoms with Crippen molar-refractivity contribution in [1.82, 2.24) is 0 Å². The van der Waals surface area contributed by atoms with Gasteiger partial charge in [0.1, 0.15) is 0 Å². The van der Waals surface area contributed by atoms with E-state index in [-0.39, 0.29) is 29.7 Å². The molecule has 0 unspecified atom stereocenters. The summed E-state index contributed by atoms with van der Waals surface area (Å²) in [6.45, 7) is 1.53. The molecule has 2 aliphatic heterocycles. The number of anilines is 1. The van der Waals surface area contributed by atoms with E-state index >= 15 is 0 Å². The van der Waals surface area contributed by atoms with E-state index in [0.29, 0.717) is 30.9 Å². The Morgan fingerprint density at radius 2 is 1.86 bits per heavy atom. The molecule has 0 fully saturated rings. The fourth-order valence-electron chi connectivity index (χ4n) is 4.86. The van der Waals surface area contributed by atoms with E-state index in [0.717, 1.165) is 52.2 Å². The Labute approximate surface area is 225 Å². The summed E-state index contributed by atoms with van der Waals surface area (Å²) in [5, 5.41) is 4.95. The predicted molar refractivity (Wildman–Crippen MR) is 136 cm³/mol. The Kier molecular flexibility index (Phi) is 7.19. The Morgan fingerprint density at radius 3 is 2.68 bits per heavy atom. The van der Waals surface area contributed by atoms with Gasteiger partial charge in [0, 0.05) is 24.6 Å². The second-order valence-electron chi connectivity index (χ2n) is 8.93. The van der Waals surface area contributed by atoms with Crippen molar-refractivity contribution in [2.24, 2.45) is 0 Å². The van der Waals surface area contributed by atoms with Crippen LogP contribution < -0.4 is 45.8 Å². The van der Waals surface area contributed by atoms with Crippen LogP contribution >= 0.6 is 0 Å². The predicted octanol–water partition coefficient (Wildman–Crippen LogP) is 1.89. The number of aryl methyl sites for hydroxylation is 2. The number of aromatic nitrogens is 1. The molecule has 0 radical (unpaired) electrons. The van der Waals surface area contributed by atoms with Gasteiger partial charge in [-0.25, -0.2) is 0 Å². The molecular weight excluding hydrogens is 536 g/mol. The average Bonchev–Trinajstić information content (AvgIpc) is 3.37. The number of carbonyl (C=O) groups is 1. The van der Waals surface area contributed by atoms with E-state index in [4.69, 9.17) is 18.9 Å². The minimum atomic E-state index is -0.0289. The largest absolute Gasteiger partial charge is 1.00 e. The van der Waals surface area contributed by atoms with Crippen molar-refractivity contribution in [2.75, 3.05) is 25.8 Å². The standard InChI is InChI=1S/C29H26N2O5.BrH/c1-33-25-10-9-19-14-24-22-16-27-26(35-18-36-27)15-20(22)11-12-31(24)17-23(19)29(25)34-13-5-8-28(32)30-21-6-3-2-4-7-21;/h2-4,6-7,9-10,14-17H,5,8,11-13,18H2,1H3;1H. The number of hydrogen-bond acceptors (Lipinski definition) is 5. The summed E-state index contributed by atoms with van der Waals surface area (Å²) >= 11 is 0. The Bertz CT molecular complexity index is 1460. The summed E-state index contributed by atoms with van der Waals surface area (Å²) in [5.74, 6) is 2.96. The van der Waals surface area contributed by atoms with Crippen LogP contribution in [0.25, 0.3) is 22.0 Å². The number of amides is 1. The fourth-order valence-corrected chi connectivity index (χ4v) is 4.86. The van der Waals surface area contributed by atoms with Crippen LogP contribution in [0.3, 0.4) is 0 Å². The van der Waals surface area contributed by atoms with Gasteiger partial charge in [-0.15, -0.1) is 0 Å². The van der Waals surface area contributed by atoms with Crippen LogP contribution in [0.15, 0.2) is 66.9 Å². The highest BCUT2D eigenvalue weighted by atomic mass is 79.9. The molecule has 6 rings (SSSR count). The third-order valence-electron chi connectivity index (χ3n) is 6.65. The Balaban J connectivity index is 0.00000280. The highest BCUT2D eigenvalue weighted by Gasteiger charge is 2.28. The molecule has 0 spiro atoms.